The van der Waals surface area contributed by atoms with Gasteiger partial charge in [0.05, 0.1) is 5.56 Å². The molecule has 0 amide bonds. The Morgan fingerprint density at radius 3 is 2.41 bits per heavy atom. The number of rotatable bonds is 3. The Morgan fingerprint density at radius 1 is 1.35 bits per heavy atom. The van der Waals surface area contributed by atoms with Gasteiger partial charge in [-0.05, 0) is 24.5 Å². The van der Waals surface area contributed by atoms with Crippen LogP contribution in [0, 0.1) is 5.92 Å². The standard InChI is InChI=1S/C10H13F3N4/c1-5-2-7(5)15-8-3-6(10(11,12)13)4-9(16-8)17-14/h3-5,7H,2,14H2,1H3,(H2,15,16,17). The molecule has 94 valence electrons. The quantitative estimate of drug-likeness (QED) is 0.565. The van der Waals surface area contributed by atoms with Gasteiger partial charge in [0.2, 0.25) is 0 Å². The molecule has 0 aliphatic heterocycles. The summed E-state index contributed by atoms with van der Waals surface area (Å²) in [6, 6.07) is 2.07. The highest BCUT2D eigenvalue weighted by Crippen LogP contribution is 2.35. The van der Waals surface area contributed by atoms with Crippen LogP contribution in [0.2, 0.25) is 0 Å². The largest absolute Gasteiger partial charge is 0.416 e. The molecule has 1 aliphatic carbocycles. The Hall–Kier alpha value is -1.50. The van der Waals surface area contributed by atoms with Crippen LogP contribution in [0.3, 0.4) is 0 Å². The second-order valence-electron chi connectivity index (χ2n) is 4.23. The van der Waals surface area contributed by atoms with Crippen LogP contribution >= 0.6 is 0 Å². The van der Waals surface area contributed by atoms with Crippen LogP contribution in [-0.4, -0.2) is 11.0 Å². The number of aromatic nitrogens is 1. The number of nitrogens with one attached hydrogen (secondary N) is 2. The third-order valence-corrected chi connectivity index (χ3v) is 2.74. The highest BCUT2D eigenvalue weighted by atomic mass is 19.4. The van der Waals surface area contributed by atoms with Crippen molar-refractivity contribution in [3.8, 4) is 0 Å². The van der Waals surface area contributed by atoms with Crippen LogP contribution in [0.1, 0.15) is 18.9 Å². The lowest BCUT2D eigenvalue weighted by Crippen LogP contribution is -2.14. The normalized spacial score (nSPS) is 23.4. The zero-order chi connectivity index (χ0) is 12.6. The van der Waals surface area contributed by atoms with Crippen LogP contribution in [-0.2, 0) is 6.18 Å². The minimum Gasteiger partial charge on any atom is -0.367 e. The Morgan fingerprint density at radius 2 is 1.94 bits per heavy atom. The summed E-state index contributed by atoms with van der Waals surface area (Å²) >= 11 is 0. The molecule has 0 spiro atoms. The van der Waals surface area contributed by atoms with Gasteiger partial charge in [-0.2, -0.15) is 13.2 Å². The van der Waals surface area contributed by atoms with Crippen molar-refractivity contribution in [3.63, 3.8) is 0 Å². The van der Waals surface area contributed by atoms with Gasteiger partial charge >= 0.3 is 6.18 Å². The Balaban J connectivity index is 2.25. The van der Waals surface area contributed by atoms with Crippen molar-refractivity contribution < 1.29 is 13.2 Å². The molecule has 1 fully saturated rings. The third kappa shape index (κ3) is 2.79. The minimum absolute atomic E-state index is 0.00405. The van der Waals surface area contributed by atoms with Crippen molar-refractivity contribution in [1.82, 2.24) is 4.98 Å². The SMILES string of the molecule is CC1CC1Nc1cc(C(F)(F)F)cc(NN)n1. The predicted molar refractivity (Wildman–Crippen MR) is 58.2 cm³/mol. The van der Waals surface area contributed by atoms with Crippen LogP contribution in [0.15, 0.2) is 12.1 Å². The molecule has 17 heavy (non-hydrogen) atoms. The fourth-order valence-electron chi connectivity index (χ4n) is 1.56. The van der Waals surface area contributed by atoms with Crippen molar-refractivity contribution in [2.45, 2.75) is 25.6 Å². The molecule has 1 heterocycles. The first-order valence-electron chi connectivity index (χ1n) is 5.22. The summed E-state index contributed by atoms with van der Waals surface area (Å²) in [5.41, 5.74) is 1.37. The van der Waals surface area contributed by atoms with Crippen LogP contribution in [0.4, 0.5) is 24.8 Å². The molecule has 1 saturated carbocycles. The molecule has 4 N–H and O–H groups in total. The lowest BCUT2D eigenvalue weighted by Gasteiger charge is -2.12. The Kier molecular flexibility index (Phi) is 2.86. The van der Waals surface area contributed by atoms with E-state index in [9.17, 15) is 13.2 Å². The minimum atomic E-state index is -4.40. The average Bonchev–Trinajstić information content (AvgIpc) is 2.92. The van der Waals surface area contributed by atoms with E-state index in [-0.39, 0.29) is 17.7 Å². The molecular weight excluding hydrogens is 233 g/mol. The number of pyridine rings is 1. The van der Waals surface area contributed by atoms with E-state index in [0.717, 1.165) is 18.6 Å². The molecule has 1 aromatic rings. The molecule has 0 saturated heterocycles. The van der Waals surface area contributed by atoms with E-state index in [1.165, 1.54) is 0 Å². The van der Waals surface area contributed by atoms with Crippen molar-refractivity contribution in [2.75, 3.05) is 10.7 Å². The van der Waals surface area contributed by atoms with Crippen LogP contribution in [0.5, 0.6) is 0 Å². The second-order valence-corrected chi connectivity index (χ2v) is 4.23. The van der Waals surface area contributed by atoms with Gasteiger partial charge < -0.3 is 10.7 Å². The van der Waals surface area contributed by atoms with Gasteiger partial charge in [0.1, 0.15) is 11.6 Å². The summed E-state index contributed by atoms with van der Waals surface area (Å²) in [6.45, 7) is 2.02. The summed E-state index contributed by atoms with van der Waals surface area (Å²) in [5.74, 6) is 5.76. The average molecular weight is 246 g/mol. The van der Waals surface area contributed by atoms with E-state index >= 15 is 0 Å². The third-order valence-electron chi connectivity index (χ3n) is 2.74. The lowest BCUT2D eigenvalue weighted by molar-refractivity contribution is -0.137. The summed E-state index contributed by atoms with van der Waals surface area (Å²) < 4.78 is 37.8. The van der Waals surface area contributed by atoms with Crippen LogP contribution in [0.25, 0.3) is 0 Å². The van der Waals surface area contributed by atoms with Crippen molar-refractivity contribution in [2.24, 2.45) is 11.8 Å². The number of nitrogen functional groups attached to an aromatic ring is 1. The molecule has 1 aromatic heterocycles. The number of hydrogen-bond acceptors (Lipinski definition) is 4. The molecule has 0 radical (unpaired) electrons. The van der Waals surface area contributed by atoms with Crippen LogP contribution < -0.4 is 16.6 Å². The zero-order valence-electron chi connectivity index (χ0n) is 9.17. The monoisotopic (exact) mass is 246 g/mol. The highest BCUT2D eigenvalue weighted by molar-refractivity contribution is 5.50. The molecule has 7 heteroatoms. The molecule has 0 bridgehead atoms. The second kappa shape index (κ2) is 4.06. The van der Waals surface area contributed by atoms with E-state index in [2.05, 4.69) is 15.7 Å². The molecular formula is C10H13F3N4. The maximum atomic E-state index is 12.6. The summed E-state index contributed by atoms with van der Waals surface area (Å²) in [4.78, 5) is 3.93. The van der Waals surface area contributed by atoms with E-state index < -0.39 is 11.7 Å². The lowest BCUT2D eigenvalue weighted by atomic mass is 10.2. The van der Waals surface area contributed by atoms with Crippen molar-refractivity contribution in [3.05, 3.63) is 17.7 Å². The van der Waals surface area contributed by atoms with Gasteiger partial charge in [-0.1, -0.05) is 6.92 Å². The van der Waals surface area contributed by atoms with Gasteiger partial charge in [-0.25, -0.2) is 10.8 Å². The first-order valence-corrected chi connectivity index (χ1v) is 5.22. The molecule has 1 aliphatic rings. The molecule has 2 unspecified atom stereocenters. The number of hydrazine groups is 1. The first kappa shape index (κ1) is 12.0. The maximum absolute atomic E-state index is 12.6. The number of anilines is 2. The molecule has 4 nitrogen and oxygen atoms in total. The highest BCUT2D eigenvalue weighted by Gasteiger charge is 2.35. The maximum Gasteiger partial charge on any atom is 0.416 e. The summed E-state index contributed by atoms with van der Waals surface area (Å²) in [7, 11) is 0. The Labute approximate surface area is 96.4 Å². The number of alkyl halides is 3. The van der Waals surface area contributed by atoms with Gasteiger partial charge in [0.15, 0.2) is 0 Å². The van der Waals surface area contributed by atoms with Crippen molar-refractivity contribution in [1.29, 1.82) is 0 Å². The molecule has 2 rings (SSSR count). The van der Waals surface area contributed by atoms with E-state index in [4.69, 9.17) is 5.84 Å². The Bertz CT molecular complexity index is 419. The van der Waals surface area contributed by atoms with Gasteiger partial charge in [0, 0.05) is 6.04 Å². The topological polar surface area (TPSA) is 63.0 Å². The number of halogens is 3. The van der Waals surface area contributed by atoms with E-state index in [1.54, 1.807) is 0 Å². The number of nitrogens with two attached hydrogens (primary N) is 1. The van der Waals surface area contributed by atoms with Gasteiger partial charge in [-0.3, -0.25) is 0 Å². The zero-order valence-corrected chi connectivity index (χ0v) is 9.17. The summed E-state index contributed by atoms with van der Waals surface area (Å²) in [6.07, 6.45) is -3.45. The molecule has 2 atom stereocenters. The van der Waals surface area contributed by atoms with E-state index in [1.807, 2.05) is 6.92 Å². The number of hydrogen-bond donors (Lipinski definition) is 3. The van der Waals surface area contributed by atoms with Gasteiger partial charge in [0.25, 0.3) is 0 Å². The number of nitrogens with zero attached hydrogens (tertiary/aromatic N) is 1. The summed E-state index contributed by atoms with van der Waals surface area (Å²) in [5, 5.41) is 2.95. The van der Waals surface area contributed by atoms with E-state index in [0.29, 0.717) is 5.92 Å². The van der Waals surface area contributed by atoms with Gasteiger partial charge in [-0.15, -0.1) is 0 Å². The molecule has 0 aromatic carbocycles. The first-order chi connectivity index (χ1) is 7.90. The predicted octanol–water partition coefficient (Wildman–Crippen LogP) is 2.21. The fourth-order valence-corrected chi connectivity index (χ4v) is 1.56. The fraction of sp³-hybridized carbons (Fsp3) is 0.500. The van der Waals surface area contributed by atoms with Crippen molar-refractivity contribution >= 4 is 11.6 Å². The smallest absolute Gasteiger partial charge is 0.367 e.